The number of hydrogen-bond acceptors (Lipinski definition) is 4. The normalized spacial score (nSPS) is 10.3. The number of nitrogens with zero attached hydrogens (tertiary/aromatic N) is 2. The average molecular weight is 338 g/mol. The van der Waals surface area contributed by atoms with Crippen LogP contribution in [0.4, 0.5) is 5.69 Å². The van der Waals surface area contributed by atoms with Crippen LogP contribution in [0.2, 0.25) is 10.0 Å². The van der Waals surface area contributed by atoms with Gasteiger partial charge in [0, 0.05) is 22.8 Å². The first-order chi connectivity index (χ1) is 10.5. The van der Waals surface area contributed by atoms with Crippen LogP contribution in [0.15, 0.2) is 24.4 Å². The lowest BCUT2D eigenvalue weighted by Gasteiger charge is -2.10. The van der Waals surface area contributed by atoms with Crippen molar-refractivity contribution in [1.82, 2.24) is 4.57 Å². The van der Waals surface area contributed by atoms with E-state index in [1.165, 1.54) is 6.20 Å². The highest BCUT2D eigenvalue weighted by Crippen LogP contribution is 2.26. The summed E-state index contributed by atoms with van der Waals surface area (Å²) in [5, 5.41) is 10.1. The number of carbonyl (C=O) groups excluding carboxylic acids is 1. The molecule has 0 bridgehead atoms. The second kappa shape index (κ2) is 6.73. The number of nitrogens with two attached hydrogens (primary N) is 1. The lowest BCUT2D eigenvalue weighted by Crippen LogP contribution is -2.14. The molecule has 2 rings (SSSR count). The molecule has 1 heterocycles. The Labute approximate surface area is 137 Å². The second-order valence-electron chi connectivity index (χ2n) is 4.50. The number of anilines is 1. The van der Waals surface area contributed by atoms with Crippen molar-refractivity contribution in [3.63, 3.8) is 0 Å². The monoisotopic (exact) mass is 337 g/mol. The zero-order valence-electron chi connectivity index (χ0n) is 11.8. The summed E-state index contributed by atoms with van der Waals surface area (Å²) in [5.74, 6) is -0.577. The maximum absolute atomic E-state index is 12.1. The highest BCUT2D eigenvalue weighted by atomic mass is 35.5. The lowest BCUT2D eigenvalue weighted by molar-refractivity contribution is 0.0516. The van der Waals surface area contributed by atoms with Gasteiger partial charge in [0.25, 0.3) is 0 Å². The Bertz CT molecular complexity index is 763. The van der Waals surface area contributed by atoms with Crippen molar-refractivity contribution in [2.75, 3.05) is 12.3 Å². The predicted molar refractivity (Wildman–Crippen MR) is 85.1 cm³/mol. The van der Waals surface area contributed by atoms with E-state index < -0.39 is 5.97 Å². The Hall–Kier alpha value is -2.16. The van der Waals surface area contributed by atoms with E-state index in [1.54, 1.807) is 29.7 Å². The van der Waals surface area contributed by atoms with E-state index >= 15 is 0 Å². The van der Waals surface area contributed by atoms with Crippen LogP contribution in [0.25, 0.3) is 0 Å². The summed E-state index contributed by atoms with van der Waals surface area (Å²) in [6, 6.07) is 7.02. The first-order valence-electron chi connectivity index (χ1n) is 6.47. The van der Waals surface area contributed by atoms with Crippen LogP contribution in [0.1, 0.15) is 28.5 Å². The number of ether oxygens (including phenoxy) is 1. The Morgan fingerprint density at radius 3 is 2.77 bits per heavy atom. The van der Waals surface area contributed by atoms with Crippen molar-refractivity contribution in [3.05, 3.63) is 51.3 Å². The van der Waals surface area contributed by atoms with Gasteiger partial charge in [0.1, 0.15) is 6.07 Å². The maximum Gasteiger partial charge on any atom is 0.357 e. The molecule has 22 heavy (non-hydrogen) atoms. The SMILES string of the molecule is CCOC(=O)c1c(N)c(C#N)cn1Cc1ccc(Cl)cc1Cl. The van der Waals surface area contributed by atoms with E-state index in [9.17, 15) is 4.79 Å². The number of halogens is 2. The van der Waals surface area contributed by atoms with E-state index in [0.29, 0.717) is 10.0 Å². The van der Waals surface area contributed by atoms with Gasteiger partial charge in [-0.05, 0) is 24.6 Å². The lowest BCUT2D eigenvalue weighted by atomic mass is 10.2. The fourth-order valence-electron chi connectivity index (χ4n) is 2.05. The van der Waals surface area contributed by atoms with Crippen LogP contribution in [-0.2, 0) is 11.3 Å². The summed E-state index contributed by atoms with van der Waals surface area (Å²) >= 11 is 12.0. The van der Waals surface area contributed by atoms with E-state index in [1.807, 2.05) is 6.07 Å². The third kappa shape index (κ3) is 3.19. The molecule has 0 aliphatic heterocycles. The Balaban J connectivity index is 2.46. The molecule has 7 heteroatoms. The minimum atomic E-state index is -0.577. The minimum Gasteiger partial charge on any atom is -0.461 e. The molecule has 0 atom stereocenters. The number of esters is 1. The molecule has 2 N–H and O–H groups in total. The largest absolute Gasteiger partial charge is 0.461 e. The quantitative estimate of drug-likeness (QED) is 0.866. The van der Waals surface area contributed by atoms with Crippen molar-refractivity contribution < 1.29 is 9.53 Å². The van der Waals surface area contributed by atoms with Crippen molar-refractivity contribution in [1.29, 1.82) is 5.26 Å². The number of aromatic nitrogens is 1. The van der Waals surface area contributed by atoms with Crippen LogP contribution in [0, 0.1) is 11.3 Å². The third-order valence-corrected chi connectivity index (χ3v) is 3.65. The van der Waals surface area contributed by atoms with Gasteiger partial charge >= 0.3 is 5.97 Å². The number of carbonyl (C=O) groups is 1. The zero-order chi connectivity index (χ0) is 16.3. The van der Waals surface area contributed by atoms with E-state index in [2.05, 4.69) is 0 Å². The highest BCUT2D eigenvalue weighted by Gasteiger charge is 2.21. The molecule has 0 spiro atoms. The molecule has 0 unspecified atom stereocenters. The number of rotatable bonds is 4. The fraction of sp³-hybridized carbons (Fsp3) is 0.200. The van der Waals surface area contributed by atoms with Gasteiger partial charge in [0.15, 0.2) is 5.69 Å². The zero-order valence-corrected chi connectivity index (χ0v) is 13.3. The first kappa shape index (κ1) is 16.2. The van der Waals surface area contributed by atoms with Crippen molar-refractivity contribution >= 4 is 34.9 Å². The van der Waals surface area contributed by atoms with Crippen LogP contribution in [0.5, 0.6) is 0 Å². The Morgan fingerprint density at radius 1 is 1.45 bits per heavy atom. The van der Waals surface area contributed by atoms with E-state index in [-0.39, 0.29) is 30.1 Å². The standard InChI is InChI=1S/C15H13Cl2N3O2/c1-2-22-15(21)14-13(19)10(6-18)8-20(14)7-9-3-4-11(16)5-12(9)17/h3-5,8H,2,7,19H2,1H3. The molecular weight excluding hydrogens is 325 g/mol. The summed E-state index contributed by atoms with van der Waals surface area (Å²) in [6.07, 6.45) is 1.51. The second-order valence-corrected chi connectivity index (χ2v) is 5.34. The van der Waals surface area contributed by atoms with Gasteiger partial charge in [-0.2, -0.15) is 5.26 Å². The van der Waals surface area contributed by atoms with Gasteiger partial charge in [-0.15, -0.1) is 0 Å². The Kier molecular flexibility index (Phi) is 4.96. The molecule has 0 aliphatic carbocycles. The fourth-order valence-corrected chi connectivity index (χ4v) is 2.51. The van der Waals surface area contributed by atoms with Crippen molar-refractivity contribution in [2.45, 2.75) is 13.5 Å². The van der Waals surface area contributed by atoms with Gasteiger partial charge in [0.05, 0.1) is 17.9 Å². The molecule has 0 radical (unpaired) electrons. The summed E-state index contributed by atoms with van der Waals surface area (Å²) in [5.41, 5.74) is 7.07. The van der Waals surface area contributed by atoms with Gasteiger partial charge < -0.3 is 15.0 Å². The maximum atomic E-state index is 12.1. The van der Waals surface area contributed by atoms with E-state index in [4.69, 9.17) is 38.9 Å². The van der Waals surface area contributed by atoms with Crippen molar-refractivity contribution in [2.24, 2.45) is 0 Å². The van der Waals surface area contributed by atoms with Gasteiger partial charge in [-0.25, -0.2) is 4.79 Å². The molecular formula is C15H13Cl2N3O2. The summed E-state index contributed by atoms with van der Waals surface area (Å²) in [4.78, 5) is 12.1. The topological polar surface area (TPSA) is 81.0 Å². The molecule has 114 valence electrons. The van der Waals surface area contributed by atoms with Crippen LogP contribution in [-0.4, -0.2) is 17.1 Å². The molecule has 0 saturated carbocycles. The van der Waals surface area contributed by atoms with Crippen LogP contribution in [0.3, 0.4) is 0 Å². The molecule has 5 nitrogen and oxygen atoms in total. The number of nitriles is 1. The highest BCUT2D eigenvalue weighted by molar-refractivity contribution is 6.35. The summed E-state index contributed by atoms with van der Waals surface area (Å²) in [7, 11) is 0. The minimum absolute atomic E-state index is 0.103. The number of nitrogen functional groups attached to an aromatic ring is 1. The number of hydrogen-bond donors (Lipinski definition) is 1. The summed E-state index contributed by atoms with van der Waals surface area (Å²) in [6.45, 7) is 2.19. The molecule has 0 amide bonds. The first-order valence-corrected chi connectivity index (χ1v) is 7.23. The molecule has 1 aromatic carbocycles. The Morgan fingerprint density at radius 2 is 2.18 bits per heavy atom. The van der Waals surface area contributed by atoms with Gasteiger partial charge in [-0.3, -0.25) is 0 Å². The predicted octanol–water partition coefficient (Wildman–Crippen LogP) is 3.47. The molecule has 0 saturated heterocycles. The van der Waals surface area contributed by atoms with Crippen molar-refractivity contribution in [3.8, 4) is 6.07 Å². The van der Waals surface area contributed by atoms with Gasteiger partial charge in [0.2, 0.25) is 0 Å². The smallest absolute Gasteiger partial charge is 0.357 e. The number of benzene rings is 1. The van der Waals surface area contributed by atoms with E-state index in [0.717, 1.165) is 5.56 Å². The summed E-state index contributed by atoms with van der Waals surface area (Å²) < 4.78 is 6.55. The average Bonchev–Trinajstić information content (AvgIpc) is 2.78. The van der Waals surface area contributed by atoms with Crippen LogP contribution < -0.4 is 5.73 Å². The third-order valence-electron chi connectivity index (χ3n) is 3.06. The molecule has 0 fully saturated rings. The molecule has 0 aliphatic rings. The molecule has 1 aromatic heterocycles. The van der Waals surface area contributed by atoms with Gasteiger partial charge in [-0.1, -0.05) is 29.3 Å². The van der Waals surface area contributed by atoms with Crippen LogP contribution >= 0.6 is 23.2 Å². The molecule has 2 aromatic rings.